The van der Waals surface area contributed by atoms with Crippen LogP contribution in [0.3, 0.4) is 0 Å². The lowest BCUT2D eigenvalue weighted by Gasteiger charge is -2.25. The van der Waals surface area contributed by atoms with Gasteiger partial charge in [0.15, 0.2) is 12.2 Å². The number of carbonyl (C=O) groups excluding carboxylic acids is 1. The van der Waals surface area contributed by atoms with E-state index in [1.165, 1.54) is 0 Å². The number of rotatable bonds is 8. The zero-order valence-corrected chi connectivity index (χ0v) is 17.4. The molecule has 5 heteroatoms. The monoisotopic (exact) mass is 424 g/mol. The Hall–Kier alpha value is -4.25. The van der Waals surface area contributed by atoms with Crippen LogP contribution in [0.1, 0.15) is 23.3 Å². The number of para-hydroxylation sites is 2. The second kappa shape index (κ2) is 9.71. The van der Waals surface area contributed by atoms with Crippen LogP contribution in [-0.4, -0.2) is 5.78 Å². The zero-order chi connectivity index (χ0) is 22.3. The Morgan fingerprint density at radius 3 is 1.34 bits per heavy atom. The molecule has 5 nitrogen and oxygen atoms in total. The first-order valence-corrected chi connectivity index (χ1v) is 10.3. The minimum absolute atomic E-state index is 0.270. The van der Waals surface area contributed by atoms with E-state index in [1.54, 1.807) is 60.7 Å². The van der Waals surface area contributed by atoms with Crippen molar-refractivity contribution in [1.29, 1.82) is 0 Å². The smallest absolute Gasteiger partial charge is 0.222 e. The minimum Gasteiger partial charge on any atom is -0.478 e. The molecule has 0 amide bonds. The Morgan fingerprint density at radius 2 is 0.969 bits per heavy atom. The van der Waals surface area contributed by atoms with Crippen molar-refractivity contribution >= 4 is 17.2 Å². The number of carbonyl (C=O) groups is 1. The summed E-state index contributed by atoms with van der Waals surface area (Å²) in [6, 6.07) is 32.7. The summed E-state index contributed by atoms with van der Waals surface area (Å²) in [6.07, 6.45) is -1.87. The van der Waals surface area contributed by atoms with Crippen LogP contribution in [0.2, 0.25) is 0 Å². The Labute approximate surface area is 187 Å². The van der Waals surface area contributed by atoms with Crippen LogP contribution in [0.5, 0.6) is 11.5 Å². The molecule has 4 rings (SSSR count). The number of hydrogen-bond donors (Lipinski definition) is 2. The molecule has 0 aliphatic carbocycles. The molecule has 0 aliphatic rings. The van der Waals surface area contributed by atoms with Crippen molar-refractivity contribution in [3.8, 4) is 11.5 Å². The molecule has 2 atom stereocenters. The van der Waals surface area contributed by atoms with Gasteiger partial charge in [-0.25, -0.2) is 0 Å². The highest BCUT2D eigenvalue weighted by atomic mass is 16.5. The third kappa shape index (κ3) is 5.08. The van der Waals surface area contributed by atoms with Gasteiger partial charge in [-0.05, 0) is 48.5 Å². The molecule has 0 radical (unpaired) electrons. The van der Waals surface area contributed by atoms with Crippen molar-refractivity contribution in [3.63, 3.8) is 0 Å². The summed E-state index contributed by atoms with van der Waals surface area (Å²) in [4.78, 5) is 13.9. The largest absolute Gasteiger partial charge is 0.478 e. The van der Waals surface area contributed by atoms with E-state index in [9.17, 15) is 4.79 Å². The van der Waals surface area contributed by atoms with Crippen LogP contribution in [0.15, 0.2) is 109 Å². The van der Waals surface area contributed by atoms with Gasteiger partial charge < -0.3 is 20.9 Å². The number of Topliss-reactive ketones (excluding diaryl/α,β-unsaturated/α-hetero) is 1. The van der Waals surface area contributed by atoms with E-state index >= 15 is 0 Å². The quantitative estimate of drug-likeness (QED) is 0.372. The molecule has 0 aliphatic heterocycles. The van der Waals surface area contributed by atoms with Gasteiger partial charge in [-0.2, -0.15) is 0 Å². The minimum atomic E-state index is -0.934. The molecule has 0 bridgehead atoms. The van der Waals surface area contributed by atoms with Gasteiger partial charge in [0.1, 0.15) is 11.5 Å². The third-order valence-electron chi connectivity index (χ3n) is 4.94. The number of anilines is 2. The van der Waals surface area contributed by atoms with Crippen molar-refractivity contribution < 1.29 is 14.3 Å². The molecule has 0 saturated heterocycles. The number of benzene rings is 4. The molecule has 0 aromatic heterocycles. The summed E-state index contributed by atoms with van der Waals surface area (Å²) < 4.78 is 12.3. The number of ketones is 1. The van der Waals surface area contributed by atoms with Gasteiger partial charge in [-0.3, -0.25) is 4.79 Å². The summed E-state index contributed by atoms with van der Waals surface area (Å²) >= 11 is 0. The second-order valence-corrected chi connectivity index (χ2v) is 7.36. The topological polar surface area (TPSA) is 87.6 Å². The van der Waals surface area contributed by atoms with E-state index in [-0.39, 0.29) is 5.78 Å². The fraction of sp³-hybridized carbons (Fsp3) is 0.0741. The van der Waals surface area contributed by atoms with Gasteiger partial charge in [-0.1, -0.05) is 60.7 Å². The Morgan fingerprint density at radius 1 is 0.562 bits per heavy atom. The van der Waals surface area contributed by atoms with Crippen molar-refractivity contribution in [2.75, 3.05) is 11.5 Å². The SMILES string of the molecule is Nc1cccc(C(Oc2ccccc2)C(=O)C(Oc2ccccc2)c2cccc(N)c2)c1. The molecule has 4 N–H and O–H groups in total. The van der Waals surface area contributed by atoms with Gasteiger partial charge in [0, 0.05) is 22.5 Å². The zero-order valence-electron chi connectivity index (χ0n) is 17.4. The molecule has 0 fully saturated rings. The molecule has 0 spiro atoms. The number of nitrogens with two attached hydrogens (primary N) is 2. The fourth-order valence-electron chi connectivity index (χ4n) is 3.43. The molecule has 160 valence electrons. The lowest BCUT2D eigenvalue weighted by Crippen LogP contribution is -2.28. The van der Waals surface area contributed by atoms with Crippen LogP contribution in [0.25, 0.3) is 0 Å². The van der Waals surface area contributed by atoms with E-state index in [0.29, 0.717) is 34.0 Å². The highest BCUT2D eigenvalue weighted by Gasteiger charge is 2.33. The molecule has 4 aromatic rings. The van der Waals surface area contributed by atoms with Gasteiger partial charge in [0.2, 0.25) is 5.78 Å². The maximum atomic E-state index is 13.9. The van der Waals surface area contributed by atoms with Crippen molar-refractivity contribution in [1.82, 2.24) is 0 Å². The molecule has 32 heavy (non-hydrogen) atoms. The summed E-state index contributed by atoms with van der Waals surface area (Å²) in [5.41, 5.74) is 14.4. The second-order valence-electron chi connectivity index (χ2n) is 7.36. The number of ether oxygens (including phenoxy) is 2. The first-order chi connectivity index (χ1) is 15.6. The normalized spacial score (nSPS) is 12.5. The summed E-state index contributed by atoms with van der Waals surface area (Å²) in [5, 5.41) is 0. The van der Waals surface area contributed by atoms with E-state index in [0.717, 1.165) is 0 Å². The average molecular weight is 425 g/mol. The van der Waals surface area contributed by atoms with E-state index in [1.807, 2.05) is 48.5 Å². The Bertz CT molecular complexity index is 1090. The predicted octanol–water partition coefficient (Wildman–Crippen LogP) is 5.36. The molecule has 4 aromatic carbocycles. The maximum Gasteiger partial charge on any atom is 0.222 e. The van der Waals surface area contributed by atoms with Crippen LogP contribution >= 0.6 is 0 Å². The summed E-state index contributed by atoms with van der Waals surface area (Å²) in [6.45, 7) is 0. The molecular formula is C27H24N2O3. The van der Waals surface area contributed by atoms with Crippen LogP contribution in [-0.2, 0) is 4.79 Å². The molecule has 2 unspecified atom stereocenters. The van der Waals surface area contributed by atoms with E-state index in [2.05, 4.69) is 0 Å². The maximum absolute atomic E-state index is 13.9. The van der Waals surface area contributed by atoms with Crippen molar-refractivity contribution in [3.05, 3.63) is 120 Å². The van der Waals surface area contributed by atoms with Gasteiger partial charge in [-0.15, -0.1) is 0 Å². The average Bonchev–Trinajstić information content (AvgIpc) is 2.82. The van der Waals surface area contributed by atoms with Gasteiger partial charge in [0.05, 0.1) is 0 Å². The lowest BCUT2D eigenvalue weighted by molar-refractivity contribution is -0.133. The predicted molar refractivity (Wildman–Crippen MR) is 126 cm³/mol. The Kier molecular flexibility index (Phi) is 6.37. The van der Waals surface area contributed by atoms with Crippen molar-refractivity contribution in [2.45, 2.75) is 12.2 Å². The van der Waals surface area contributed by atoms with Crippen LogP contribution in [0, 0.1) is 0 Å². The molecule has 0 saturated carbocycles. The van der Waals surface area contributed by atoms with E-state index < -0.39 is 12.2 Å². The highest BCUT2D eigenvalue weighted by molar-refractivity contribution is 5.90. The standard InChI is InChI=1S/C27H24N2O3/c28-21-11-7-9-19(17-21)26(31-23-13-3-1-4-14-23)25(30)27(20-10-8-12-22(29)18-20)32-24-15-5-2-6-16-24/h1-18,26-27H,28-29H2. The summed E-state index contributed by atoms with van der Waals surface area (Å²) in [5.74, 6) is 0.868. The van der Waals surface area contributed by atoms with E-state index in [4.69, 9.17) is 20.9 Å². The molecule has 0 heterocycles. The van der Waals surface area contributed by atoms with Crippen molar-refractivity contribution in [2.24, 2.45) is 0 Å². The van der Waals surface area contributed by atoms with Gasteiger partial charge >= 0.3 is 0 Å². The first kappa shape index (κ1) is 21.0. The van der Waals surface area contributed by atoms with Crippen LogP contribution in [0.4, 0.5) is 11.4 Å². The number of hydrogen-bond acceptors (Lipinski definition) is 5. The first-order valence-electron chi connectivity index (χ1n) is 10.3. The highest BCUT2D eigenvalue weighted by Crippen LogP contribution is 2.32. The Balaban J connectivity index is 1.76. The lowest BCUT2D eigenvalue weighted by atomic mass is 9.96. The van der Waals surface area contributed by atoms with Crippen LogP contribution < -0.4 is 20.9 Å². The summed E-state index contributed by atoms with van der Waals surface area (Å²) in [7, 11) is 0. The van der Waals surface area contributed by atoms with Gasteiger partial charge in [0.25, 0.3) is 0 Å². The fourth-order valence-corrected chi connectivity index (χ4v) is 3.43. The number of nitrogen functional groups attached to an aromatic ring is 2. The third-order valence-corrected chi connectivity index (χ3v) is 4.94. The molecular weight excluding hydrogens is 400 g/mol.